The molecular weight excluding hydrogens is 558 g/mol. The van der Waals surface area contributed by atoms with Crippen LogP contribution in [-0.2, 0) is 9.47 Å². The van der Waals surface area contributed by atoms with E-state index < -0.39 is 47.3 Å². The first-order chi connectivity index (χ1) is 20.1. The van der Waals surface area contributed by atoms with Gasteiger partial charge in [-0.15, -0.1) is 0 Å². The minimum atomic E-state index is -3.72. The van der Waals surface area contributed by atoms with Crippen LogP contribution >= 0.6 is 0 Å². The molecule has 3 nitrogen and oxygen atoms in total. The lowest BCUT2D eigenvalue weighted by Gasteiger charge is -2.37. The summed E-state index contributed by atoms with van der Waals surface area (Å²) in [6, 6.07) is 5.65. The lowest BCUT2D eigenvalue weighted by molar-refractivity contribution is -0.222. The van der Waals surface area contributed by atoms with Crippen LogP contribution in [0.4, 0.5) is 26.3 Å². The van der Waals surface area contributed by atoms with Gasteiger partial charge in [0.25, 0.3) is 0 Å². The SMILES string of the molecule is CCC=CC1CCC(C2COC(c3ccc(C4CCC(C(F)(F)Oc5cc(F)c(F)c(F)c5)CC4)c(F)c3)OC2)CC1. The second-order valence-electron chi connectivity index (χ2n) is 12.0. The van der Waals surface area contributed by atoms with Crippen molar-refractivity contribution in [2.75, 3.05) is 13.2 Å². The summed E-state index contributed by atoms with van der Waals surface area (Å²) < 4.78 is 101. The van der Waals surface area contributed by atoms with Gasteiger partial charge in [-0.1, -0.05) is 31.2 Å². The van der Waals surface area contributed by atoms with Crippen molar-refractivity contribution >= 4 is 0 Å². The largest absolute Gasteiger partial charge is 0.432 e. The third kappa shape index (κ3) is 7.16. The van der Waals surface area contributed by atoms with Gasteiger partial charge in [-0.2, -0.15) is 8.78 Å². The molecule has 0 spiro atoms. The van der Waals surface area contributed by atoms with Crippen molar-refractivity contribution in [1.29, 1.82) is 0 Å². The van der Waals surface area contributed by atoms with E-state index in [9.17, 15) is 22.0 Å². The van der Waals surface area contributed by atoms with Crippen LogP contribution in [0.15, 0.2) is 42.5 Å². The summed E-state index contributed by atoms with van der Waals surface area (Å²) in [7, 11) is 0. The molecule has 0 bridgehead atoms. The van der Waals surface area contributed by atoms with Gasteiger partial charge in [0.15, 0.2) is 23.7 Å². The van der Waals surface area contributed by atoms with Gasteiger partial charge in [0.2, 0.25) is 0 Å². The Morgan fingerprint density at radius 3 is 2.05 bits per heavy atom. The molecule has 2 aromatic carbocycles. The van der Waals surface area contributed by atoms with Gasteiger partial charge in [-0.25, -0.2) is 17.6 Å². The fraction of sp³-hybridized carbons (Fsp3) is 0.576. The van der Waals surface area contributed by atoms with E-state index in [0.29, 0.717) is 67.1 Å². The molecule has 9 heteroatoms. The van der Waals surface area contributed by atoms with E-state index in [1.807, 2.05) is 0 Å². The zero-order valence-electron chi connectivity index (χ0n) is 23.8. The van der Waals surface area contributed by atoms with E-state index in [1.54, 1.807) is 12.1 Å². The van der Waals surface area contributed by atoms with Crippen molar-refractivity contribution in [1.82, 2.24) is 0 Å². The zero-order chi connectivity index (χ0) is 29.9. The quantitative estimate of drug-likeness (QED) is 0.173. The third-order valence-corrected chi connectivity index (χ3v) is 9.20. The Morgan fingerprint density at radius 2 is 1.45 bits per heavy atom. The molecule has 3 fully saturated rings. The molecule has 2 aliphatic carbocycles. The first-order valence-electron chi connectivity index (χ1n) is 15.0. The maximum Gasteiger partial charge on any atom is 0.400 e. The summed E-state index contributed by atoms with van der Waals surface area (Å²) in [6.45, 7) is 3.30. The molecule has 2 aromatic rings. The van der Waals surface area contributed by atoms with Crippen LogP contribution in [0.2, 0.25) is 0 Å². The van der Waals surface area contributed by atoms with Crippen LogP contribution in [0, 0.1) is 46.9 Å². The van der Waals surface area contributed by atoms with Gasteiger partial charge in [0.05, 0.1) is 19.1 Å². The summed E-state index contributed by atoms with van der Waals surface area (Å²) in [4.78, 5) is 0. The average molecular weight is 597 g/mol. The molecule has 1 heterocycles. The molecule has 42 heavy (non-hydrogen) atoms. The molecule has 1 saturated heterocycles. The van der Waals surface area contributed by atoms with Gasteiger partial charge in [-0.3, -0.25) is 0 Å². The van der Waals surface area contributed by atoms with Gasteiger partial charge in [-0.05, 0) is 87.2 Å². The van der Waals surface area contributed by atoms with Crippen molar-refractivity contribution in [3.8, 4) is 5.75 Å². The Hall–Kier alpha value is -2.52. The number of hydrogen-bond acceptors (Lipinski definition) is 3. The molecule has 0 radical (unpaired) electrons. The Labute approximate surface area is 243 Å². The summed E-state index contributed by atoms with van der Waals surface area (Å²) >= 11 is 0. The van der Waals surface area contributed by atoms with E-state index in [2.05, 4.69) is 23.8 Å². The molecule has 0 atom stereocenters. The Balaban J connectivity index is 1.11. The van der Waals surface area contributed by atoms with Crippen LogP contribution in [0.3, 0.4) is 0 Å². The van der Waals surface area contributed by atoms with Crippen molar-refractivity contribution in [2.45, 2.75) is 83.0 Å². The summed E-state index contributed by atoms with van der Waals surface area (Å²) in [5.74, 6) is -6.09. The molecule has 0 N–H and O–H groups in total. The average Bonchev–Trinajstić information content (AvgIpc) is 2.99. The number of allylic oxidation sites excluding steroid dienone is 2. The van der Waals surface area contributed by atoms with Crippen molar-refractivity contribution < 1.29 is 40.6 Å². The maximum absolute atomic E-state index is 15.2. The number of hydrogen-bond donors (Lipinski definition) is 0. The van der Waals surface area contributed by atoms with E-state index in [0.717, 1.165) is 19.3 Å². The highest BCUT2D eigenvalue weighted by Crippen LogP contribution is 2.44. The maximum atomic E-state index is 15.2. The smallest absolute Gasteiger partial charge is 0.400 e. The highest BCUT2D eigenvalue weighted by molar-refractivity contribution is 5.29. The fourth-order valence-corrected chi connectivity index (χ4v) is 6.71. The molecule has 3 aliphatic rings. The van der Waals surface area contributed by atoms with Gasteiger partial charge < -0.3 is 14.2 Å². The van der Waals surface area contributed by atoms with Gasteiger partial charge in [0.1, 0.15) is 11.6 Å². The number of ether oxygens (including phenoxy) is 3. The molecule has 5 rings (SSSR count). The molecule has 230 valence electrons. The summed E-state index contributed by atoms with van der Waals surface area (Å²) in [5.41, 5.74) is 1.04. The first-order valence-corrected chi connectivity index (χ1v) is 15.0. The standard InChI is InChI=1S/C33H38F6O3/c1-2-3-4-20-5-7-21(8-6-20)24-18-40-32(41-19-24)23-11-14-27(28(34)15-23)22-9-12-25(13-10-22)33(38,39)42-26-16-29(35)31(37)30(36)17-26/h3-4,11,14-17,20-22,24-25,32H,2,5-10,12-13,18-19H2,1H3. The molecule has 0 unspecified atom stereocenters. The molecular formula is C33H38F6O3. The normalized spacial score (nSPS) is 29.1. The Bertz CT molecular complexity index is 1200. The second kappa shape index (κ2) is 13.4. The number of halogens is 6. The van der Waals surface area contributed by atoms with Crippen LogP contribution < -0.4 is 4.74 Å². The van der Waals surface area contributed by atoms with Crippen molar-refractivity contribution in [2.24, 2.45) is 23.7 Å². The summed E-state index contributed by atoms with van der Waals surface area (Å²) in [5, 5.41) is 0. The van der Waals surface area contributed by atoms with Crippen LogP contribution in [0.25, 0.3) is 0 Å². The monoisotopic (exact) mass is 596 g/mol. The van der Waals surface area contributed by atoms with E-state index in [1.165, 1.54) is 18.9 Å². The fourth-order valence-electron chi connectivity index (χ4n) is 6.71. The number of alkyl halides is 2. The van der Waals surface area contributed by atoms with E-state index in [-0.39, 0.29) is 18.8 Å². The zero-order valence-corrected chi connectivity index (χ0v) is 23.8. The molecule has 0 amide bonds. The Kier molecular flexibility index (Phi) is 9.88. The lowest BCUT2D eigenvalue weighted by atomic mass is 9.76. The topological polar surface area (TPSA) is 27.7 Å². The molecule has 0 aromatic heterocycles. The van der Waals surface area contributed by atoms with Crippen LogP contribution in [0.1, 0.15) is 88.0 Å². The number of rotatable bonds is 8. The van der Waals surface area contributed by atoms with Crippen molar-refractivity contribution in [3.63, 3.8) is 0 Å². The highest BCUT2D eigenvalue weighted by Gasteiger charge is 2.44. The van der Waals surface area contributed by atoms with Crippen molar-refractivity contribution in [3.05, 3.63) is 76.9 Å². The molecule has 2 saturated carbocycles. The molecule has 1 aliphatic heterocycles. The van der Waals surface area contributed by atoms with Gasteiger partial charge >= 0.3 is 6.11 Å². The predicted molar refractivity (Wildman–Crippen MR) is 146 cm³/mol. The van der Waals surface area contributed by atoms with E-state index in [4.69, 9.17) is 9.47 Å². The minimum absolute atomic E-state index is 0.0259. The third-order valence-electron chi connectivity index (χ3n) is 9.20. The Morgan fingerprint density at radius 1 is 0.810 bits per heavy atom. The van der Waals surface area contributed by atoms with E-state index >= 15 is 4.39 Å². The lowest BCUT2D eigenvalue weighted by Crippen LogP contribution is -2.37. The minimum Gasteiger partial charge on any atom is -0.432 e. The first kappa shape index (κ1) is 30.9. The summed E-state index contributed by atoms with van der Waals surface area (Å²) in [6.07, 6.45) is 6.64. The highest BCUT2D eigenvalue weighted by atomic mass is 19.3. The van der Waals surface area contributed by atoms with Gasteiger partial charge in [0, 0.05) is 23.6 Å². The predicted octanol–water partition coefficient (Wildman–Crippen LogP) is 9.62. The second-order valence-corrected chi connectivity index (χ2v) is 12.0. The number of benzene rings is 2. The van der Waals surface area contributed by atoms with Crippen LogP contribution in [-0.4, -0.2) is 19.3 Å². The van der Waals surface area contributed by atoms with Crippen LogP contribution in [0.5, 0.6) is 5.75 Å².